The van der Waals surface area contributed by atoms with Crippen LogP contribution in [0.15, 0.2) is 91.0 Å². The SMILES string of the molecule is C[C@H](/C=C/CC(=O)N(CCO)Cc1ccccc1)[C@@]1(O)C(=O)N(Cc2ccccc2)c2ccc(Cl)cc21. The van der Waals surface area contributed by atoms with Gasteiger partial charge in [-0.25, -0.2) is 0 Å². The van der Waals surface area contributed by atoms with E-state index in [1.807, 2.05) is 60.7 Å². The average molecular weight is 519 g/mol. The molecule has 1 aliphatic heterocycles. The Labute approximate surface area is 222 Å². The molecule has 0 spiro atoms. The summed E-state index contributed by atoms with van der Waals surface area (Å²) in [5.74, 6) is -1.20. The number of hydrogen-bond acceptors (Lipinski definition) is 4. The maximum atomic E-state index is 13.6. The van der Waals surface area contributed by atoms with Crippen LogP contribution in [0.25, 0.3) is 0 Å². The third-order valence-corrected chi connectivity index (χ3v) is 6.96. The summed E-state index contributed by atoms with van der Waals surface area (Å²) in [7, 11) is 0. The molecule has 0 unspecified atom stereocenters. The van der Waals surface area contributed by atoms with E-state index in [1.165, 1.54) is 0 Å². The fourth-order valence-corrected chi connectivity index (χ4v) is 4.87. The zero-order chi connectivity index (χ0) is 26.4. The van der Waals surface area contributed by atoms with Gasteiger partial charge in [0.1, 0.15) is 0 Å². The highest BCUT2D eigenvalue weighted by Crippen LogP contribution is 2.46. The first-order chi connectivity index (χ1) is 17.8. The zero-order valence-electron chi connectivity index (χ0n) is 20.8. The number of nitrogens with zero attached hydrogens (tertiary/aromatic N) is 2. The summed E-state index contributed by atoms with van der Waals surface area (Å²) in [4.78, 5) is 29.7. The quantitative estimate of drug-likeness (QED) is 0.382. The largest absolute Gasteiger partial charge is 0.395 e. The number of carbonyl (C=O) groups excluding carboxylic acids is 2. The third kappa shape index (κ3) is 5.77. The molecular formula is C30H31ClN2O4. The molecule has 0 fully saturated rings. The summed E-state index contributed by atoms with van der Waals surface area (Å²) in [6.45, 7) is 2.56. The summed E-state index contributed by atoms with van der Waals surface area (Å²) >= 11 is 6.26. The van der Waals surface area contributed by atoms with Crippen LogP contribution in [0.4, 0.5) is 5.69 Å². The first-order valence-corrected chi connectivity index (χ1v) is 12.7. The normalized spacial score (nSPS) is 17.7. The first-order valence-electron chi connectivity index (χ1n) is 12.3. The van der Waals surface area contributed by atoms with Crippen molar-refractivity contribution in [1.29, 1.82) is 0 Å². The molecule has 2 N–H and O–H groups in total. The van der Waals surface area contributed by atoms with Gasteiger partial charge in [-0.2, -0.15) is 0 Å². The lowest BCUT2D eigenvalue weighted by Crippen LogP contribution is -2.44. The van der Waals surface area contributed by atoms with E-state index in [4.69, 9.17) is 11.6 Å². The lowest BCUT2D eigenvalue weighted by molar-refractivity contribution is -0.139. The Morgan fingerprint density at radius 1 is 1.05 bits per heavy atom. The number of aliphatic hydroxyl groups excluding tert-OH is 1. The molecule has 4 rings (SSSR count). The number of hydrogen-bond donors (Lipinski definition) is 2. The van der Waals surface area contributed by atoms with Crippen molar-refractivity contribution >= 4 is 29.1 Å². The molecule has 0 saturated carbocycles. The predicted octanol–water partition coefficient (Wildman–Crippen LogP) is 4.68. The van der Waals surface area contributed by atoms with Gasteiger partial charge in [-0.15, -0.1) is 0 Å². The third-order valence-electron chi connectivity index (χ3n) is 6.73. The van der Waals surface area contributed by atoms with Gasteiger partial charge in [-0.3, -0.25) is 9.59 Å². The van der Waals surface area contributed by atoms with Gasteiger partial charge in [0.05, 0.1) is 18.8 Å². The summed E-state index contributed by atoms with van der Waals surface area (Å²) in [6.07, 6.45) is 3.46. The topological polar surface area (TPSA) is 81.1 Å². The number of benzene rings is 3. The standard InChI is InChI=1S/C30H31ClN2O4/c1-22(9-8-14-28(35)32(17-18-34)20-23-10-4-2-5-11-23)30(37)26-19-25(31)15-16-27(26)33(29(30)36)21-24-12-6-3-7-13-24/h2-13,15-16,19,22,34,37H,14,17-18,20-21H2,1H3/b9-8+/t22-,30+/m1/s1. The number of rotatable bonds is 10. The fourth-order valence-electron chi connectivity index (χ4n) is 4.70. The van der Waals surface area contributed by atoms with Crippen molar-refractivity contribution in [3.63, 3.8) is 0 Å². The lowest BCUT2D eigenvalue weighted by Gasteiger charge is -2.28. The van der Waals surface area contributed by atoms with Crippen LogP contribution in [0.1, 0.15) is 30.0 Å². The molecule has 0 aromatic heterocycles. The zero-order valence-corrected chi connectivity index (χ0v) is 21.5. The van der Waals surface area contributed by atoms with Gasteiger partial charge in [-0.1, -0.05) is 91.3 Å². The minimum Gasteiger partial charge on any atom is -0.395 e. The molecule has 0 radical (unpaired) electrons. The molecule has 3 aromatic rings. The number of aliphatic hydroxyl groups is 2. The van der Waals surface area contributed by atoms with Crippen molar-refractivity contribution < 1.29 is 19.8 Å². The van der Waals surface area contributed by atoms with E-state index >= 15 is 0 Å². The number of amides is 2. The highest BCUT2D eigenvalue weighted by molar-refractivity contribution is 6.31. The van der Waals surface area contributed by atoms with E-state index in [-0.39, 0.29) is 25.5 Å². The number of anilines is 1. The predicted molar refractivity (Wildman–Crippen MR) is 145 cm³/mol. The minimum absolute atomic E-state index is 0.0809. The smallest absolute Gasteiger partial charge is 0.264 e. The monoisotopic (exact) mass is 518 g/mol. The molecule has 2 atom stereocenters. The molecular weight excluding hydrogens is 488 g/mol. The molecule has 3 aromatic carbocycles. The molecule has 6 nitrogen and oxygen atoms in total. The Kier molecular flexibility index (Phi) is 8.44. The van der Waals surface area contributed by atoms with E-state index < -0.39 is 17.4 Å². The van der Waals surface area contributed by atoms with Crippen LogP contribution < -0.4 is 4.90 Å². The number of carbonyl (C=O) groups is 2. The van der Waals surface area contributed by atoms with Crippen LogP contribution in [0, 0.1) is 5.92 Å². The van der Waals surface area contributed by atoms with Gasteiger partial charge < -0.3 is 20.0 Å². The molecule has 7 heteroatoms. The maximum absolute atomic E-state index is 13.6. The second-order valence-corrected chi connectivity index (χ2v) is 9.69. The Hall–Kier alpha value is -3.45. The second-order valence-electron chi connectivity index (χ2n) is 9.25. The second kappa shape index (κ2) is 11.7. The molecule has 1 aliphatic rings. The Bertz CT molecular complexity index is 1270. The van der Waals surface area contributed by atoms with Crippen molar-refractivity contribution in [3.05, 3.63) is 113 Å². The highest BCUT2D eigenvalue weighted by atomic mass is 35.5. The molecule has 192 valence electrons. The van der Waals surface area contributed by atoms with Gasteiger partial charge in [0.2, 0.25) is 5.91 Å². The highest BCUT2D eigenvalue weighted by Gasteiger charge is 2.52. The Morgan fingerprint density at radius 3 is 2.35 bits per heavy atom. The van der Waals surface area contributed by atoms with Crippen LogP contribution in [0.2, 0.25) is 5.02 Å². The minimum atomic E-state index is -1.82. The summed E-state index contributed by atoms with van der Waals surface area (Å²) in [5, 5.41) is 21.6. The van der Waals surface area contributed by atoms with Crippen molar-refractivity contribution in [2.75, 3.05) is 18.1 Å². The van der Waals surface area contributed by atoms with Gasteiger partial charge in [0.15, 0.2) is 5.60 Å². The number of halogens is 1. The summed E-state index contributed by atoms with van der Waals surface area (Å²) in [6, 6.07) is 24.3. The van der Waals surface area contributed by atoms with Crippen LogP contribution in [0.3, 0.4) is 0 Å². The van der Waals surface area contributed by atoms with Crippen molar-refractivity contribution in [2.45, 2.75) is 32.0 Å². The van der Waals surface area contributed by atoms with E-state index in [9.17, 15) is 19.8 Å². The van der Waals surface area contributed by atoms with E-state index in [0.717, 1.165) is 11.1 Å². The number of fused-ring (bicyclic) bond motifs is 1. The Morgan fingerprint density at radius 2 is 1.70 bits per heavy atom. The first kappa shape index (κ1) is 26.6. The van der Waals surface area contributed by atoms with Gasteiger partial charge in [0, 0.05) is 36.0 Å². The maximum Gasteiger partial charge on any atom is 0.264 e. The fraction of sp³-hybridized carbons (Fsp3) is 0.267. The molecule has 0 bridgehead atoms. The van der Waals surface area contributed by atoms with Crippen LogP contribution in [0.5, 0.6) is 0 Å². The van der Waals surface area contributed by atoms with E-state index in [1.54, 1.807) is 47.1 Å². The average Bonchev–Trinajstić information content (AvgIpc) is 3.11. The van der Waals surface area contributed by atoms with Crippen LogP contribution >= 0.6 is 11.6 Å². The molecule has 2 amide bonds. The summed E-state index contributed by atoms with van der Waals surface area (Å²) < 4.78 is 0. The van der Waals surface area contributed by atoms with E-state index in [0.29, 0.717) is 29.4 Å². The van der Waals surface area contributed by atoms with Gasteiger partial charge >= 0.3 is 0 Å². The van der Waals surface area contributed by atoms with Crippen molar-refractivity contribution in [2.24, 2.45) is 5.92 Å². The van der Waals surface area contributed by atoms with Crippen molar-refractivity contribution in [3.8, 4) is 0 Å². The molecule has 0 saturated heterocycles. The Balaban J connectivity index is 1.51. The van der Waals surface area contributed by atoms with Crippen LogP contribution in [-0.2, 0) is 28.3 Å². The molecule has 0 aliphatic carbocycles. The summed E-state index contributed by atoms with van der Waals surface area (Å²) in [5.41, 5.74) is 1.17. The van der Waals surface area contributed by atoms with Gasteiger partial charge in [-0.05, 0) is 29.3 Å². The van der Waals surface area contributed by atoms with Crippen molar-refractivity contribution in [1.82, 2.24) is 4.90 Å². The molecule has 37 heavy (non-hydrogen) atoms. The molecule has 1 heterocycles. The van der Waals surface area contributed by atoms with E-state index in [2.05, 4.69) is 0 Å². The van der Waals surface area contributed by atoms with Crippen LogP contribution in [-0.4, -0.2) is 40.1 Å². The van der Waals surface area contributed by atoms with Gasteiger partial charge in [0.25, 0.3) is 5.91 Å². The lowest BCUT2D eigenvalue weighted by atomic mass is 9.83.